The molecular weight excluding hydrogens is 300 g/mol. The van der Waals surface area contributed by atoms with E-state index in [9.17, 15) is 9.59 Å². The van der Waals surface area contributed by atoms with E-state index in [1.807, 2.05) is 42.2 Å². The molecule has 3 rings (SSSR count). The Balaban J connectivity index is 2.20. The third-order valence-electron chi connectivity index (χ3n) is 4.16. The molecule has 0 spiro atoms. The van der Waals surface area contributed by atoms with Gasteiger partial charge in [0.1, 0.15) is 17.0 Å². The van der Waals surface area contributed by atoms with Gasteiger partial charge in [-0.25, -0.2) is 4.79 Å². The summed E-state index contributed by atoms with van der Waals surface area (Å²) in [6.45, 7) is 2.03. The van der Waals surface area contributed by atoms with Crippen molar-refractivity contribution in [3.05, 3.63) is 56.7 Å². The molecule has 1 aromatic carbocycles. The van der Waals surface area contributed by atoms with E-state index < -0.39 is 5.69 Å². The molecule has 0 radical (unpaired) electrons. The minimum absolute atomic E-state index is 0.0280. The summed E-state index contributed by atoms with van der Waals surface area (Å²) in [7, 11) is 3.45. The Morgan fingerprint density at radius 1 is 1.18 bits per heavy atom. The number of H-pyrrole nitrogens is 1. The number of nitrogens with one attached hydrogen (secondary N) is 1. The predicted molar refractivity (Wildman–Crippen MR) is 90.8 cm³/mol. The van der Waals surface area contributed by atoms with Crippen molar-refractivity contribution in [3.63, 3.8) is 0 Å². The topological polar surface area (TPSA) is 61.3 Å². The van der Waals surface area contributed by atoms with Crippen LogP contribution in [-0.4, -0.2) is 22.1 Å². The third kappa shape index (κ3) is 2.04. The summed E-state index contributed by atoms with van der Waals surface area (Å²) in [4.78, 5) is 30.2. The molecule has 0 saturated heterocycles. The second-order valence-electron chi connectivity index (χ2n) is 5.44. The Morgan fingerprint density at radius 2 is 1.82 bits per heavy atom. The normalized spacial score (nSPS) is 18.5. The summed E-state index contributed by atoms with van der Waals surface area (Å²) in [5.74, 6) is 0.590. The molecule has 2 atom stereocenters. The van der Waals surface area contributed by atoms with Crippen molar-refractivity contribution < 1.29 is 0 Å². The summed E-state index contributed by atoms with van der Waals surface area (Å²) < 4.78 is 1.46. The van der Waals surface area contributed by atoms with Gasteiger partial charge in [0.25, 0.3) is 5.56 Å². The molecule has 1 aromatic heterocycles. The number of anilines is 2. The summed E-state index contributed by atoms with van der Waals surface area (Å²) in [6, 6.07) is 9.91. The Morgan fingerprint density at radius 3 is 2.45 bits per heavy atom. The van der Waals surface area contributed by atoms with E-state index in [1.165, 1.54) is 4.57 Å². The first-order valence-electron chi connectivity index (χ1n) is 7.01. The van der Waals surface area contributed by atoms with E-state index >= 15 is 0 Å². The monoisotopic (exact) mass is 318 g/mol. The van der Waals surface area contributed by atoms with E-state index in [0.717, 1.165) is 5.56 Å². The van der Waals surface area contributed by atoms with Gasteiger partial charge in [0.15, 0.2) is 0 Å². The van der Waals surface area contributed by atoms with Crippen molar-refractivity contribution in [1.82, 2.24) is 9.55 Å². The van der Waals surface area contributed by atoms with Crippen LogP contribution in [0.3, 0.4) is 0 Å². The minimum Gasteiger partial charge on any atom is -0.338 e. The highest BCUT2D eigenvalue weighted by Gasteiger charge is 2.39. The summed E-state index contributed by atoms with van der Waals surface area (Å²) >= 11 is 4.63. The highest BCUT2D eigenvalue weighted by molar-refractivity contribution is 7.81. The standard InChI is InChI=1S/C15H18N4O2S/c1-9(10-7-5-4-6-8-10)19-13-11(17(2)15(19)22)12(20)16-14(21)18(13)3/h4-9,15,22H,1-3H3,(H,16,20,21). The second-order valence-corrected chi connectivity index (χ2v) is 5.90. The molecule has 6 nitrogen and oxygen atoms in total. The molecule has 22 heavy (non-hydrogen) atoms. The molecule has 2 heterocycles. The average molecular weight is 318 g/mol. The fourth-order valence-electron chi connectivity index (χ4n) is 2.90. The Hall–Kier alpha value is -2.15. The number of nitrogens with zero attached hydrogens (tertiary/aromatic N) is 3. The average Bonchev–Trinajstić information content (AvgIpc) is 2.78. The van der Waals surface area contributed by atoms with Crippen LogP contribution in [0.15, 0.2) is 39.9 Å². The number of fused-ring (bicyclic) bond motifs is 1. The SMILES string of the molecule is CC(c1ccccc1)N1c2c(c(=O)[nH]c(=O)n2C)N(C)C1S. The van der Waals surface area contributed by atoms with Crippen LogP contribution in [0.1, 0.15) is 18.5 Å². The Kier molecular flexibility index (Phi) is 3.52. The van der Waals surface area contributed by atoms with Gasteiger partial charge < -0.3 is 9.80 Å². The van der Waals surface area contributed by atoms with Gasteiger partial charge in [-0.2, -0.15) is 0 Å². The smallest absolute Gasteiger partial charge is 0.329 e. The quantitative estimate of drug-likeness (QED) is 0.820. The van der Waals surface area contributed by atoms with Gasteiger partial charge in [-0.15, -0.1) is 12.6 Å². The van der Waals surface area contributed by atoms with Gasteiger partial charge in [-0.3, -0.25) is 14.3 Å². The summed E-state index contributed by atoms with van der Waals surface area (Å²) in [5, 5.41) is 0. The molecule has 0 aliphatic carbocycles. The first kappa shape index (κ1) is 14.8. The van der Waals surface area contributed by atoms with Gasteiger partial charge in [0.2, 0.25) is 0 Å². The van der Waals surface area contributed by atoms with Crippen molar-refractivity contribution in [1.29, 1.82) is 0 Å². The molecule has 1 N–H and O–H groups in total. The third-order valence-corrected chi connectivity index (χ3v) is 4.76. The zero-order chi connectivity index (χ0) is 16.0. The zero-order valence-corrected chi connectivity index (χ0v) is 13.5. The molecular formula is C15H18N4O2S. The van der Waals surface area contributed by atoms with Crippen molar-refractivity contribution in [2.24, 2.45) is 7.05 Å². The number of thiol groups is 1. The Bertz CT molecular complexity index is 815. The van der Waals surface area contributed by atoms with Crippen LogP contribution in [0, 0.1) is 0 Å². The largest absolute Gasteiger partial charge is 0.338 e. The van der Waals surface area contributed by atoms with Crippen LogP contribution in [-0.2, 0) is 7.05 Å². The molecule has 1 aliphatic heterocycles. The van der Waals surface area contributed by atoms with Crippen LogP contribution in [0.5, 0.6) is 0 Å². The lowest BCUT2D eigenvalue weighted by atomic mass is 10.1. The second kappa shape index (κ2) is 5.24. The minimum atomic E-state index is -0.426. The van der Waals surface area contributed by atoms with Crippen LogP contribution in [0.25, 0.3) is 0 Å². The maximum absolute atomic E-state index is 12.2. The number of hydrogen-bond acceptors (Lipinski definition) is 5. The van der Waals surface area contributed by atoms with E-state index in [-0.39, 0.29) is 17.1 Å². The van der Waals surface area contributed by atoms with E-state index in [1.54, 1.807) is 19.0 Å². The first-order chi connectivity index (χ1) is 10.4. The maximum atomic E-state index is 12.2. The van der Waals surface area contributed by atoms with Crippen LogP contribution in [0.4, 0.5) is 11.5 Å². The molecule has 0 saturated carbocycles. The predicted octanol–water partition coefficient (Wildman–Crippen LogP) is 1.30. The zero-order valence-electron chi connectivity index (χ0n) is 12.6. The van der Waals surface area contributed by atoms with Crippen LogP contribution < -0.4 is 21.0 Å². The molecule has 2 aromatic rings. The fourth-order valence-corrected chi connectivity index (χ4v) is 3.32. The highest BCUT2D eigenvalue weighted by Crippen LogP contribution is 2.41. The van der Waals surface area contributed by atoms with Gasteiger partial charge in [0, 0.05) is 14.1 Å². The fraction of sp³-hybridized carbons (Fsp3) is 0.333. The lowest BCUT2D eigenvalue weighted by molar-refractivity contribution is 0.639. The lowest BCUT2D eigenvalue weighted by Crippen LogP contribution is -2.39. The highest BCUT2D eigenvalue weighted by atomic mass is 32.1. The van der Waals surface area contributed by atoms with Crippen molar-refractivity contribution in [3.8, 4) is 0 Å². The van der Waals surface area contributed by atoms with Gasteiger partial charge in [-0.05, 0) is 12.5 Å². The van der Waals surface area contributed by atoms with Crippen LogP contribution >= 0.6 is 12.6 Å². The molecule has 1 aliphatic rings. The Labute approximate surface area is 133 Å². The van der Waals surface area contributed by atoms with E-state index in [2.05, 4.69) is 17.6 Å². The van der Waals surface area contributed by atoms with Crippen molar-refractivity contribution in [2.75, 3.05) is 16.8 Å². The van der Waals surface area contributed by atoms with Gasteiger partial charge >= 0.3 is 5.69 Å². The number of benzene rings is 1. The first-order valence-corrected chi connectivity index (χ1v) is 7.52. The number of rotatable bonds is 2. The molecule has 0 bridgehead atoms. The van der Waals surface area contributed by atoms with Gasteiger partial charge in [-0.1, -0.05) is 30.3 Å². The number of aromatic amines is 1. The maximum Gasteiger partial charge on any atom is 0.329 e. The lowest BCUT2D eigenvalue weighted by Gasteiger charge is -2.32. The van der Waals surface area contributed by atoms with Gasteiger partial charge in [0.05, 0.1) is 6.04 Å². The molecule has 7 heteroatoms. The number of aromatic nitrogens is 2. The molecule has 0 amide bonds. The summed E-state index contributed by atoms with van der Waals surface area (Å²) in [6.07, 6.45) is 0. The molecule has 116 valence electrons. The summed E-state index contributed by atoms with van der Waals surface area (Å²) in [5.41, 5.74) is 0.423. The van der Waals surface area contributed by atoms with E-state index in [0.29, 0.717) is 11.5 Å². The van der Waals surface area contributed by atoms with Crippen LogP contribution in [0.2, 0.25) is 0 Å². The molecule has 2 unspecified atom stereocenters. The molecule has 0 fully saturated rings. The van der Waals surface area contributed by atoms with Crippen molar-refractivity contribution >= 4 is 24.1 Å². The van der Waals surface area contributed by atoms with Crippen molar-refractivity contribution in [2.45, 2.75) is 18.5 Å². The number of hydrogen-bond donors (Lipinski definition) is 2. The van der Waals surface area contributed by atoms with E-state index in [4.69, 9.17) is 0 Å².